The fourth-order valence-corrected chi connectivity index (χ4v) is 2.00. The van der Waals surface area contributed by atoms with E-state index < -0.39 is 5.91 Å². The second kappa shape index (κ2) is 5.46. The number of hydrogen-bond donors (Lipinski definition) is 2. The van der Waals surface area contributed by atoms with Crippen molar-refractivity contribution in [2.45, 2.75) is 12.8 Å². The summed E-state index contributed by atoms with van der Waals surface area (Å²) < 4.78 is 5.12. The van der Waals surface area contributed by atoms with Crippen LogP contribution in [0.2, 0.25) is 0 Å². The third kappa shape index (κ3) is 3.17. The molecule has 2 aromatic heterocycles. The molecule has 0 saturated heterocycles. The number of nitrogens with one attached hydrogen (secondary N) is 1. The maximum Gasteiger partial charge on any atom is 0.260 e. The summed E-state index contributed by atoms with van der Waals surface area (Å²) in [5, 5.41) is 2.97. The zero-order valence-corrected chi connectivity index (χ0v) is 10.2. The molecule has 6 nitrogen and oxygen atoms in total. The number of primary amides is 1. The van der Waals surface area contributed by atoms with Crippen molar-refractivity contribution >= 4 is 28.3 Å². The number of nitrogens with two attached hydrogens (primary N) is 1. The molecule has 0 aliphatic carbocycles. The topological polar surface area (TPSA) is 98.2 Å². The molecule has 0 radical (unpaired) electrons. The first-order chi connectivity index (χ1) is 8.65. The van der Waals surface area contributed by atoms with Gasteiger partial charge in [0.05, 0.1) is 12.5 Å². The number of amides is 2. The lowest BCUT2D eigenvalue weighted by Gasteiger charge is -1.99. The standard InChI is InChI=1S/C11H11N3O3S/c12-10(16)8-6-13-11(18-8)14-9(15)4-3-7-2-1-5-17-7/h1-2,5-6H,3-4H2,(H2,12,16)(H,13,14,15). The molecule has 2 amide bonds. The second-order valence-corrected chi connectivity index (χ2v) is 4.55. The second-order valence-electron chi connectivity index (χ2n) is 3.52. The molecule has 94 valence electrons. The summed E-state index contributed by atoms with van der Waals surface area (Å²) in [7, 11) is 0. The summed E-state index contributed by atoms with van der Waals surface area (Å²) in [5.41, 5.74) is 5.09. The normalized spacial score (nSPS) is 10.2. The Morgan fingerprint density at radius 2 is 2.33 bits per heavy atom. The van der Waals surface area contributed by atoms with E-state index in [1.165, 1.54) is 6.20 Å². The molecular weight excluding hydrogens is 254 g/mol. The highest BCUT2D eigenvalue weighted by atomic mass is 32.1. The van der Waals surface area contributed by atoms with Crippen molar-refractivity contribution in [2.75, 3.05) is 5.32 Å². The third-order valence-electron chi connectivity index (χ3n) is 2.17. The van der Waals surface area contributed by atoms with Crippen molar-refractivity contribution in [1.29, 1.82) is 0 Å². The van der Waals surface area contributed by atoms with Crippen LogP contribution in [0.15, 0.2) is 29.0 Å². The number of nitrogens with zero attached hydrogens (tertiary/aromatic N) is 1. The Morgan fingerprint density at radius 3 is 2.94 bits per heavy atom. The summed E-state index contributed by atoms with van der Waals surface area (Å²) in [5.74, 6) is 0.0162. The van der Waals surface area contributed by atoms with Gasteiger partial charge in [0.15, 0.2) is 5.13 Å². The van der Waals surface area contributed by atoms with Crippen LogP contribution in [-0.4, -0.2) is 16.8 Å². The molecule has 0 bridgehead atoms. The highest BCUT2D eigenvalue weighted by Gasteiger charge is 2.10. The minimum absolute atomic E-state index is 0.184. The van der Waals surface area contributed by atoms with Crippen LogP contribution >= 0.6 is 11.3 Å². The lowest BCUT2D eigenvalue weighted by atomic mass is 10.2. The predicted molar refractivity (Wildman–Crippen MR) is 66.3 cm³/mol. The van der Waals surface area contributed by atoms with Gasteiger partial charge in [0.25, 0.3) is 5.91 Å². The van der Waals surface area contributed by atoms with E-state index in [-0.39, 0.29) is 5.91 Å². The number of carbonyl (C=O) groups excluding carboxylic acids is 2. The Balaban J connectivity index is 1.85. The Labute approximate surface area is 107 Å². The van der Waals surface area contributed by atoms with Crippen LogP contribution in [0, 0.1) is 0 Å². The number of anilines is 1. The third-order valence-corrected chi connectivity index (χ3v) is 3.10. The lowest BCUT2D eigenvalue weighted by Crippen LogP contribution is -2.11. The first kappa shape index (κ1) is 12.3. The first-order valence-corrected chi connectivity index (χ1v) is 6.04. The number of furan rings is 1. The number of thiazole rings is 1. The molecule has 2 rings (SSSR count). The maximum absolute atomic E-state index is 11.6. The smallest absolute Gasteiger partial charge is 0.260 e. The van der Waals surface area contributed by atoms with E-state index in [0.717, 1.165) is 17.1 Å². The van der Waals surface area contributed by atoms with E-state index in [4.69, 9.17) is 10.2 Å². The van der Waals surface area contributed by atoms with E-state index in [1.807, 2.05) is 6.07 Å². The molecule has 0 fully saturated rings. The van der Waals surface area contributed by atoms with Gasteiger partial charge < -0.3 is 15.5 Å². The minimum Gasteiger partial charge on any atom is -0.469 e. The van der Waals surface area contributed by atoms with Crippen molar-refractivity contribution < 1.29 is 14.0 Å². The summed E-state index contributed by atoms with van der Waals surface area (Å²) in [6.45, 7) is 0. The quantitative estimate of drug-likeness (QED) is 0.853. The van der Waals surface area contributed by atoms with E-state index in [9.17, 15) is 9.59 Å². The molecule has 18 heavy (non-hydrogen) atoms. The number of aryl methyl sites for hydroxylation is 1. The van der Waals surface area contributed by atoms with Crippen molar-refractivity contribution in [3.8, 4) is 0 Å². The van der Waals surface area contributed by atoms with Crippen molar-refractivity contribution in [3.63, 3.8) is 0 Å². The molecule has 0 aliphatic rings. The molecule has 7 heteroatoms. The Kier molecular flexibility index (Phi) is 3.73. The van der Waals surface area contributed by atoms with E-state index in [1.54, 1.807) is 12.3 Å². The van der Waals surface area contributed by atoms with Crippen LogP contribution in [0.25, 0.3) is 0 Å². The molecule has 0 saturated carbocycles. The average Bonchev–Trinajstić information content (AvgIpc) is 2.96. The Bertz CT molecular complexity index is 548. The summed E-state index contributed by atoms with van der Waals surface area (Å²) in [6, 6.07) is 3.58. The SMILES string of the molecule is NC(=O)c1cnc(NC(=O)CCc2ccco2)s1. The summed E-state index contributed by atoms with van der Waals surface area (Å²) in [4.78, 5) is 26.6. The van der Waals surface area contributed by atoms with Crippen LogP contribution in [0.5, 0.6) is 0 Å². The van der Waals surface area contributed by atoms with Gasteiger partial charge in [0.1, 0.15) is 10.6 Å². The van der Waals surface area contributed by atoms with Crippen LogP contribution in [-0.2, 0) is 11.2 Å². The van der Waals surface area contributed by atoms with Gasteiger partial charge in [0, 0.05) is 12.8 Å². The molecule has 0 atom stereocenters. The fraction of sp³-hybridized carbons (Fsp3) is 0.182. The molecule has 0 spiro atoms. The Morgan fingerprint density at radius 1 is 1.50 bits per heavy atom. The number of rotatable bonds is 5. The van der Waals surface area contributed by atoms with Crippen LogP contribution in [0.1, 0.15) is 21.9 Å². The van der Waals surface area contributed by atoms with Crippen LogP contribution in [0.4, 0.5) is 5.13 Å². The van der Waals surface area contributed by atoms with Crippen molar-refractivity contribution in [3.05, 3.63) is 35.2 Å². The fourth-order valence-electron chi connectivity index (χ4n) is 1.32. The van der Waals surface area contributed by atoms with Gasteiger partial charge in [-0.25, -0.2) is 4.98 Å². The maximum atomic E-state index is 11.6. The number of carbonyl (C=O) groups is 2. The Hall–Kier alpha value is -2.15. The molecular formula is C11H11N3O3S. The summed E-state index contributed by atoms with van der Waals surface area (Å²) in [6.07, 6.45) is 3.72. The van der Waals surface area contributed by atoms with E-state index >= 15 is 0 Å². The van der Waals surface area contributed by atoms with Crippen molar-refractivity contribution in [1.82, 2.24) is 4.98 Å². The van der Waals surface area contributed by atoms with Gasteiger partial charge in [-0.3, -0.25) is 9.59 Å². The van der Waals surface area contributed by atoms with Gasteiger partial charge in [-0.2, -0.15) is 0 Å². The highest BCUT2D eigenvalue weighted by Crippen LogP contribution is 2.17. The summed E-state index contributed by atoms with van der Waals surface area (Å²) >= 11 is 1.05. The molecule has 0 unspecified atom stereocenters. The number of hydrogen-bond acceptors (Lipinski definition) is 5. The zero-order chi connectivity index (χ0) is 13.0. The number of aromatic nitrogens is 1. The lowest BCUT2D eigenvalue weighted by molar-refractivity contribution is -0.116. The molecule has 0 aromatic carbocycles. The molecule has 3 N–H and O–H groups in total. The van der Waals surface area contributed by atoms with E-state index in [2.05, 4.69) is 10.3 Å². The molecule has 2 aromatic rings. The zero-order valence-electron chi connectivity index (χ0n) is 9.38. The molecule has 2 heterocycles. The van der Waals surface area contributed by atoms with Crippen LogP contribution in [0.3, 0.4) is 0 Å². The molecule has 0 aliphatic heterocycles. The predicted octanol–water partition coefficient (Wildman–Crippen LogP) is 1.41. The largest absolute Gasteiger partial charge is 0.469 e. The monoisotopic (exact) mass is 265 g/mol. The highest BCUT2D eigenvalue weighted by molar-refractivity contribution is 7.17. The van der Waals surface area contributed by atoms with Gasteiger partial charge in [-0.05, 0) is 12.1 Å². The minimum atomic E-state index is -0.552. The van der Waals surface area contributed by atoms with Crippen molar-refractivity contribution in [2.24, 2.45) is 5.73 Å². The first-order valence-electron chi connectivity index (χ1n) is 5.23. The average molecular weight is 265 g/mol. The van der Waals surface area contributed by atoms with Crippen LogP contribution < -0.4 is 11.1 Å². The van der Waals surface area contributed by atoms with Gasteiger partial charge in [-0.1, -0.05) is 11.3 Å². The van der Waals surface area contributed by atoms with E-state index in [0.29, 0.717) is 22.9 Å². The van der Waals surface area contributed by atoms with Gasteiger partial charge in [0.2, 0.25) is 5.91 Å². The van der Waals surface area contributed by atoms with Gasteiger partial charge >= 0.3 is 0 Å². The van der Waals surface area contributed by atoms with Gasteiger partial charge in [-0.15, -0.1) is 0 Å².